The number of anilines is 2. The van der Waals surface area contributed by atoms with Crippen LogP contribution in [0.25, 0.3) is 0 Å². The van der Waals surface area contributed by atoms with Gasteiger partial charge in [-0.15, -0.1) is 0 Å². The zero-order chi connectivity index (χ0) is 15.7. The lowest BCUT2D eigenvalue weighted by Crippen LogP contribution is -2.36. The SMILES string of the molecule is CCCOc1cc(NC2(C)CCS(=O)(=O)C2)c(N)cc1F. The standard InChI is InChI=1S/C14H21FN2O3S/c1-3-5-20-13-8-12(11(16)7-10(13)15)17-14(2)4-6-21(18,19)9-14/h7-8,17H,3-6,9,16H2,1-2H3. The second kappa shape index (κ2) is 5.71. The highest BCUT2D eigenvalue weighted by Gasteiger charge is 2.38. The van der Waals surface area contributed by atoms with Crippen molar-refractivity contribution in [2.45, 2.75) is 32.2 Å². The van der Waals surface area contributed by atoms with Crippen molar-refractivity contribution < 1.29 is 17.5 Å². The Morgan fingerprint density at radius 3 is 2.76 bits per heavy atom. The Morgan fingerprint density at radius 1 is 1.48 bits per heavy atom. The van der Waals surface area contributed by atoms with E-state index < -0.39 is 21.2 Å². The third kappa shape index (κ3) is 3.78. The molecule has 1 fully saturated rings. The van der Waals surface area contributed by atoms with Crippen LogP contribution in [0.15, 0.2) is 12.1 Å². The van der Waals surface area contributed by atoms with Crippen LogP contribution in [0.5, 0.6) is 5.75 Å². The van der Waals surface area contributed by atoms with Gasteiger partial charge >= 0.3 is 0 Å². The molecule has 0 amide bonds. The molecule has 1 aliphatic heterocycles. The average molecular weight is 316 g/mol. The van der Waals surface area contributed by atoms with Crippen molar-refractivity contribution in [2.75, 3.05) is 29.2 Å². The van der Waals surface area contributed by atoms with Crippen LogP contribution in [0.2, 0.25) is 0 Å². The largest absolute Gasteiger partial charge is 0.490 e. The van der Waals surface area contributed by atoms with Crippen LogP contribution >= 0.6 is 0 Å². The summed E-state index contributed by atoms with van der Waals surface area (Å²) in [6, 6.07) is 2.69. The second-order valence-electron chi connectivity index (χ2n) is 5.75. The molecular formula is C14H21FN2O3S. The summed E-state index contributed by atoms with van der Waals surface area (Å²) in [5.74, 6) is -0.202. The number of rotatable bonds is 5. The van der Waals surface area contributed by atoms with Crippen LogP contribution in [-0.2, 0) is 9.84 Å². The van der Waals surface area contributed by atoms with Crippen molar-refractivity contribution in [3.8, 4) is 5.75 Å². The van der Waals surface area contributed by atoms with Gasteiger partial charge in [0.2, 0.25) is 0 Å². The maximum absolute atomic E-state index is 13.8. The van der Waals surface area contributed by atoms with Crippen molar-refractivity contribution in [1.29, 1.82) is 0 Å². The quantitative estimate of drug-likeness (QED) is 0.814. The molecule has 118 valence electrons. The first-order valence-corrected chi connectivity index (χ1v) is 8.77. The van der Waals surface area contributed by atoms with E-state index in [0.29, 0.717) is 18.7 Å². The summed E-state index contributed by atoms with van der Waals surface area (Å²) in [5.41, 5.74) is 5.97. The summed E-state index contributed by atoms with van der Waals surface area (Å²) in [6.07, 6.45) is 1.26. The van der Waals surface area contributed by atoms with E-state index in [-0.39, 0.29) is 22.9 Å². The van der Waals surface area contributed by atoms with Gasteiger partial charge in [-0.05, 0) is 19.8 Å². The molecule has 1 aromatic rings. The first-order chi connectivity index (χ1) is 9.75. The molecule has 1 atom stereocenters. The molecule has 0 bridgehead atoms. The minimum absolute atomic E-state index is 0.0436. The molecule has 0 aromatic heterocycles. The van der Waals surface area contributed by atoms with Gasteiger partial charge in [0.05, 0.1) is 29.5 Å². The summed E-state index contributed by atoms with van der Waals surface area (Å²) < 4.78 is 42.3. The Morgan fingerprint density at radius 2 is 2.19 bits per heavy atom. The third-order valence-electron chi connectivity index (χ3n) is 3.51. The van der Waals surface area contributed by atoms with Gasteiger partial charge in [-0.25, -0.2) is 12.8 Å². The second-order valence-corrected chi connectivity index (χ2v) is 7.93. The Labute approximate surface area is 124 Å². The molecule has 1 aromatic carbocycles. The van der Waals surface area contributed by atoms with Gasteiger partial charge in [-0.2, -0.15) is 0 Å². The molecule has 3 N–H and O–H groups in total. The highest BCUT2D eigenvalue weighted by Crippen LogP contribution is 2.33. The number of nitrogen functional groups attached to an aromatic ring is 1. The van der Waals surface area contributed by atoms with Gasteiger partial charge in [0.25, 0.3) is 0 Å². The predicted octanol–water partition coefficient (Wildman–Crippen LogP) is 2.19. The number of hydrogen-bond donors (Lipinski definition) is 2. The minimum atomic E-state index is -3.03. The molecule has 1 saturated heterocycles. The summed E-state index contributed by atoms with van der Waals surface area (Å²) in [6.45, 7) is 4.16. The summed E-state index contributed by atoms with van der Waals surface area (Å²) >= 11 is 0. The van der Waals surface area contributed by atoms with Gasteiger partial charge in [0, 0.05) is 17.7 Å². The van der Waals surface area contributed by atoms with Crippen molar-refractivity contribution in [2.24, 2.45) is 0 Å². The van der Waals surface area contributed by atoms with Crippen LogP contribution < -0.4 is 15.8 Å². The zero-order valence-electron chi connectivity index (χ0n) is 12.3. The van der Waals surface area contributed by atoms with E-state index in [9.17, 15) is 12.8 Å². The maximum Gasteiger partial charge on any atom is 0.167 e. The Kier molecular flexibility index (Phi) is 4.32. The number of halogens is 1. The van der Waals surface area contributed by atoms with Gasteiger partial charge < -0.3 is 15.8 Å². The van der Waals surface area contributed by atoms with Crippen LogP contribution in [0.1, 0.15) is 26.7 Å². The Hall–Kier alpha value is -1.50. The van der Waals surface area contributed by atoms with E-state index in [2.05, 4.69) is 5.32 Å². The number of ether oxygens (including phenoxy) is 1. The lowest BCUT2D eigenvalue weighted by molar-refractivity contribution is 0.301. The minimum Gasteiger partial charge on any atom is -0.490 e. The van der Waals surface area contributed by atoms with Gasteiger partial charge in [0.1, 0.15) is 0 Å². The molecule has 5 nitrogen and oxygen atoms in total. The number of nitrogens with two attached hydrogens (primary N) is 1. The first kappa shape index (κ1) is 15.9. The Balaban J connectivity index is 2.23. The summed E-state index contributed by atoms with van der Waals surface area (Å²) in [7, 11) is -3.03. The normalized spacial score (nSPS) is 24.0. The Bertz CT molecular complexity index is 633. The molecule has 1 heterocycles. The van der Waals surface area contributed by atoms with Gasteiger partial charge in [-0.3, -0.25) is 0 Å². The fourth-order valence-corrected chi connectivity index (χ4v) is 4.53. The number of benzene rings is 1. The number of hydrogen-bond acceptors (Lipinski definition) is 5. The molecule has 2 rings (SSSR count). The van der Waals surface area contributed by atoms with E-state index in [1.807, 2.05) is 13.8 Å². The zero-order valence-corrected chi connectivity index (χ0v) is 13.1. The van der Waals surface area contributed by atoms with Gasteiger partial charge in [-0.1, -0.05) is 6.92 Å². The molecule has 0 spiro atoms. The molecule has 21 heavy (non-hydrogen) atoms. The maximum atomic E-state index is 13.8. The highest BCUT2D eigenvalue weighted by molar-refractivity contribution is 7.91. The molecule has 1 unspecified atom stereocenters. The van der Waals surface area contributed by atoms with E-state index in [1.165, 1.54) is 12.1 Å². The fraction of sp³-hybridized carbons (Fsp3) is 0.571. The highest BCUT2D eigenvalue weighted by atomic mass is 32.2. The molecule has 0 aliphatic carbocycles. The first-order valence-electron chi connectivity index (χ1n) is 6.95. The monoisotopic (exact) mass is 316 g/mol. The molecular weight excluding hydrogens is 295 g/mol. The van der Waals surface area contributed by atoms with E-state index in [0.717, 1.165) is 6.42 Å². The predicted molar refractivity (Wildman–Crippen MR) is 81.9 cm³/mol. The molecule has 0 radical (unpaired) electrons. The third-order valence-corrected chi connectivity index (χ3v) is 5.41. The van der Waals surface area contributed by atoms with E-state index in [4.69, 9.17) is 10.5 Å². The number of sulfone groups is 1. The van der Waals surface area contributed by atoms with E-state index >= 15 is 0 Å². The summed E-state index contributed by atoms with van der Waals surface area (Å²) in [5, 5.41) is 3.13. The van der Waals surface area contributed by atoms with Crippen molar-refractivity contribution in [1.82, 2.24) is 0 Å². The van der Waals surface area contributed by atoms with Crippen LogP contribution in [0.3, 0.4) is 0 Å². The van der Waals surface area contributed by atoms with Crippen molar-refractivity contribution >= 4 is 21.2 Å². The topological polar surface area (TPSA) is 81.4 Å². The average Bonchev–Trinajstić information content (AvgIpc) is 2.65. The van der Waals surface area contributed by atoms with Crippen LogP contribution in [0, 0.1) is 5.82 Å². The van der Waals surface area contributed by atoms with Crippen molar-refractivity contribution in [3.05, 3.63) is 17.9 Å². The number of nitrogens with one attached hydrogen (secondary N) is 1. The fourth-order valence-electron chi connectivity index (χ4n) is 2.43. The molecule has 0 saturated carbocycles. The molecule has 7 heteroatoms. The lowest BCUT2D eigenvalue weighted by Gasteiger charge is -2.26. The smallest absolute Gasteiger partial charge is 0.167 e. The van der Waals surface area contributed by atoms with E-state index in [1.54, 1.807) is 0 Å². The van der Waals surface area contributed by atoms with Crippen LogP contribution in [0.4, 0.5) is 15.8 Å². The summed E-state index contributed by atoms with van der Waals surface area (Å²) in [4.78, 5) is 0. The van der Waals surface area contributed by atoms with Crippen LogP contribution in [-0.4, -0.2) is 32.1 Å². The van der Waals surface area contributed by atoms with Crippen molar-refractivity contribution in [3.63, 3.8) is 0 Å². The van der Waals surface area contributed by atoms with Gasteiger partial charge in [0.15, 0.2) is 21.4 Å². The lowest BCUT2D eigenvalue weighted by atomic mass is 10.0. The molecule has 1 aliphatic rings.